The number of unbranched alkanes of at least 4 members (excludes halogenated alkanes) is 16. The van der Waals surface area contributed by atoms with E-state index in [1.807, 2.05) is 0 Å². The van der Waals surface area contributed by atoms with Gasteiger partial charge in [0.1, 0.15) is 13.2 Å². The molecule has 0 amide bonds. The number of carbonyl (C=O) groups is 2. The summed E-state index contributed by atoms with van der Waals surface area (Å²) in [7, 11) is 0. The molecule has 0 saturated heterocycles. The quantitative estimate of drug-likeness (QED) is 0.0612. The molecule has 0 spiro atoms. The van der Waals surface area contributed by atoms with Gasteiger partial charge in [-0.15, -0.1) is 0 Å². The van der Waals surface area contributed by atoms with Gasteiger partial charge in [-0.1, -0.05) is 117 Å². The summed E-state index contributed by atoms with van der Waals surface area (Å²) in [5, 5.41) is 0. The average molecular weight is 559 g/mol. The minimum Gasteiger partial charge on any atom is -0.463 e. The number of hydrogen-bond donors (Lipinski definition) is 0. The first-order valence-corrected chi connectivity index (χ1v) is 16.2. The van der Waals surface area contributed by atoms with E-state index in [1.54, 1.807) is 0 Å². The van der Waals surface area contributed by atoms with Gasteiger partial charge in [0.2, 0.25) is 0 Å². The van der Waals surface area contributed by atoms with Gasteiger partial charge < -0.3 is 23.7 Å². The lowest BCUT2D eigenvalue weighted by atomic mass is 10.0. The third-order valence-electron chi connectivity index (χ3n) is 6.69. The van der Waals surface area contributed by atoms with Gasteiger partial charge >= 0.3 is 11.9 Å². The van der Waals surface area contributed by atoms with Gasteiger partial charge in [0.15, 0.2) is 0 Å². The molecule has 0 bridgehead atoms. The molecule has 0 fully saturated rings. The summed E-state index contributed by atoms with van der Waals surface area (Å²) in [4.78, 5) is 23.3. The van der Waals surface area contributed by atoms with Crippen molar-refractivity contribution in [2.45, 2.75) is 142 Å². The maximum atomic E-state index is 11.8. The minimum atomic E-state index is -0.156. The summed E-state index contributed by atoms with van der Waals surface area (Å²) in [6.07, 6.45) is 23.8. The third kappa shape index (κ3) is 32.9. The molecule has 0 rings (SSSR count). The van der Waals surface area contributed by atoms with Crippen LogP contribution in [-0.2, 0) is 33.3 Å². The van der Waals surface area contributed by atoms with Crippen molar-refractivity contribution in [3.05, 3.63) is 0 Å². The predicted octanol–water partition coefficient (Wildman–Crippen LogP) is 7.96. The number of hydrogen-bond acceptors (Lipinski definition) is 7. The van der Waals surface area contributed by atoms with Crippen molar-refractivity contribution in [1.82, 2.24) is 0 Å². The highest BCUT2D eigenvalue weighted by atomic mass is 16.6. The fraction of sp³-hybridized carbons (Fsp3) is 0.938. The second-order valence-corrected chi connectivity index (χ2v) is 10.4. The van der Waals surface area contributed by atoms with Crippen LogP contribution in [0.2, 0.25) is 0 Å². The molecule has 0 aliphatic heterocycles. The maximum Gasteiger partial charge on any atom is 0.305 e. The summed E-state index contributed by atoms with van der Waals surface area (Å²) in [6, 6.07) is 0. The van der Waals surface area contributed by atoms with Crippen LogP contribution in [0.5, 0.6) is 0 Å². The minimum absolute atomic E-state index is 0.131. The zero-order chi connectivity index (χ0) is 28.5. The Labute approximate surface area is 240 Å². The van der Waals surface area contributed by atoms with E-state index in [0.29, 0.717) is 52.5 Å². The van der Waals surface area contributed by atoms with Gasteiger partial charge in [-0.25, -0.2) is 0 Å². The van der Waals surface area contributed by atoms with E-state index in [0.717, 1.165) is 32.1 Å². The van der Waals surface area contributed by atoms with Crippen LogP contribution in [0.15, 0.2) is 0 Å². The second-order valence-electron chi connectivity index (χ2n) is 10.4. The van der Waals surface area contributed by atoms with Crippen LogP contribution in [0.25, 0.3) is 0 Å². The molecule has 0 heterocycles. The molecule has 0 aliphatic rings. The molecule has 7 heteroatoms. The molecular formula is C32H62O7. The molecule has 39 heavy (non-hydrogen) atoms. The molecule has 0 aromatic rings. The molecule has 232 valence electrons. The highest BCUT2D eigenvalue weighted by molar-refractivity contribution is 5.69. The standard InChI is InChI=1S/C32H62O7/c1-3-5-7-8-9-10-11-12-13-14-15-16-17-18-20-22-32(34)39-30-28-37-26-24-35-23-25-36-27-29-38-31(33)21-19-6-4-2/h3-30H2,1-2H3. The largest absolute Gasteiger partial charge is 0.463 e. The van der Waals surface area contributed by atoms with Crippen LogP contribution in [0.1, 0.15) is 142 Å². The summed E-state index contributed by atoms with van der Waals surface area (Å²) in [6.45, 7) is 7.53. The van der Waals surface area contributed by atoms with Crippen molar-refractivity contribution >= 4 is 11.9 Å². The van der Waals surface area contributed by atoms with E-state index >= 15 is 0 Å². The molecular weight excluding hydrogens is 496 g/mol. The molecule has 0 saturated carbocycles. The van der Waals surface area contributed by atoms with Crippen molar-refractivity contribution < 1.29 is 33.3 Å². The van der Waals surface area contributed by atoms with Crippen molar-refractivity contribution in [1.29, 1.82) is 0 Å². The highest BCUT2D eigenvalue weighted by Gasteiger charge is 2.03. The van der Waals surface area contributed by atoms with Gasteiger partial charge in [-0.2, -0.15) is 0 Å². The highest BCUT2D eigenvalue weighted by Crippen LogP contribution is 2.13. The summed E-state index contributed by atoms with van der Waals surface area (Å²) >= 11 is 0. The summed E-state index contributed by atoms with van der Waals surface area (Å²) in [5.74, 6) is -0.288. The van der Waals surface area contributed by atoms with Crippen LogP contribution in [0.4, 0.5) is 0 Å². The van der Waals surface area contributed by atoms with Crippen LogP contribution >= 0.6 is 0 Å². The SMILES string of the molecule is CCCCCCCCCCCCCCCCCC(=O)OCCOCCOCCOCCOC(=O)CCCCC. The van der Waals surface area contributed by atoms with Crippen molar-refractivity contribution in [3.8, 4) is 0 Å². The van der Waals surface area contributed by atoms with E-state index < -0.39 is 0 Å². The van der Waals surface area contributed by atoms with E-state index in [1.165, 1.54) is 83.5 Å². The van der Waals surface area contributed by atoms with Gasteiger partial charge in [0, 0.05) is 12.8 Å². The van der Waals surface area contributed by atoms with Crippen molar-refractivity contribution in [2.24, 2.45) is 0 Å². The van der Waals surface area contributed by atoms with E-state index in [4.69, 9.17) is 23.7 Å². The van der Waals surface area contributed by atoms with Crippen LogP contribution in [0.3, 0.4) is 0 Å². The summed E-state index contributed by atoms with van der Waals surface area (Å²) < 4.78 is 26.5. The van der Waals surface area contributed by atoms with Crippen molar-refractivity contribution in [2.75, 3.05) is 52.9 Å². The molecule has 0 N–H and O–H groups in total. The first kappa shape index (κ1) is 37.8. The number of carbonyl (C=O) groups excluding carboxylic acids is 2. The normalized spacial score (nSPS) is 11.1. The topological polar surface area (TPSA) is 80.3 Å². The zero-order valence-electron chi connectivity index (χ0n) is 25.7. The van der Waals surface area contributed by atoms with Crippen LogP contribution in [-0.4, -0.2) is 64.8 Å². The predicted molar refractivity (Wildman–Crippen MR) is 158 cm³/mol. The van der Waals surface area contributed by atoms with E-state index in [-0.39, 0.29) is 25.2 Å². The lowest BCUT2D eigenvalue weighted by molar-refractivity contribution is -0.146. The first-order valence-electron chi connectivity index (χ1n) is 16.2. The Kier molecular flexibility index (Phi) is 32.0. The zero-order valence-corrected chi connectivity index (χ0v) is 25.7. The molecule has 0 aromatic heterocycles. The Balaban J connectivity index is 3.19. The molecule has 0 aliphatic carbocycles. The Morgan fingerprint density at radius 1 is 0.359 bits per heavy atom. The molecule has 0 radical (unpaired) electrons. The lowest BCUT2D eigenvalue weighted by Crippen LogP contribution is -2.15. The van der Waals surface area contributed by atoms with E-state index in [9.17, 15) is 9.59 Å². The smallest absolute Gasteiger partial charge is 0.305 e. The van der Waals surface area contributed by atoms with E-state index in [2.05, 4.69) is 13.8 Å². The molecule has 7 nitrogen and oxygen atoms in total. The fourth-order valence-electron chi connectivity index (χ4n) is 4.28. The molecule has 0 unspecified atom stereocenters. The Bertz CT molecular complexity index is 513. The van der Waals surface area contributed by atoms with Crippen LogP contribution in [0, 0.1) is 0 Å². The molecule has 0 atom stereocenters. The Hall–Kier alpha value is -1.18. The second kappa shape index (κ2) is 33.0. The third-order valence-corrected chi connectivity index (χ3v) is 6.69. The summed E-state index contributed by atoms with van der Waals surface area (Å²) in [5.41, 5.74) is 0. The maximum absolute atomic E-state index is 11.8. The van der Waals surface area contributed by atoms with Gasteiger partial charge in [-0.3, -0.25) is 9.59 Å². The average Bonchev–Trinajstić information content (AvgIpc) is 2.93. The number of rotatable bonds is 32. The number of ether oxygens (including phenoxy) is 5. The van der Waals surface area contributed by atoms with Gasteiger partial charge in [0.05, 0.1) is 39.6 Å². The van der Waals surface area contributed by atoms with Crippen molar-refractivity contribution in [3.63, 3.8) is 0 Å². The molecule has 0 aromatic carbocycles. The Morgan fingerprint density at radius 3 is 0.974 bits per heavy atom. The first-order chi connectivity index (χ1) is 19.2. The van der Waals surface area contributed by atoms with Gasteiger partial charge in [-0.05, 0) is 12.8 Å². The monoisotopic (exact) mass is 558 g/mol. The van der Waals surface area contributed by atoms with Crippen LogP contribution < -0.4 is 0 Å². The Morgan fingerprint density at radius 2 is 0.615 bits per heavy atom. The van der Waals surface area contributed by atoms with Gasteiger partial charge in [0.25, 0.3) is 0 Å². The lowest BCUT2D eigenvalue weighted by Gasteiger charge is -2.08. The number of esters is 2. The fourth-order valence-corrected chi connectivity index (χ4v) is 4.28.